The van der Waals surface area contributed by atoms with Gasteiger partial charge in [-0.05, 0) is 32.0 Å². The van der Waals surface area contributed by atoms with E-state index in [-0.39, 0.29) is 5.91 Å². The Balaban J connectivity index is 2.11. The van der Waals surface area contributed by atoms with E-state index in [4.69, 9.17) is 11.6 Å². The van der Waals surface area contributed by atoms with Gasteiger partial charge in [-0.2, -0.15) is 0 Å². The Morgan fingerprint density at radius 1 is 1.25 bits per heavy atom. The van der Waals surface area contributed by atoms with Crippen LogP contribution < -0.4 is 5.32 Å². The molecule has 1 heterocycles. The van der Waals surface area contributed by atoms with Gasteiger partial charge < -0.3 is 10.2 Å². The number of hydrogen-bond acceptors (Lipinski definition) is 3. The van der Waals surface area contributed by atoms with E-state index in [9.17, 15) is 4.79 Å². The number of halogens is 1. The van der Waals surface area contributed by atoms with E-state index < -0.39 is 0 Å². The fourth-order valence-electron chi connectivity index (χ4n) is 2.52. The van der Waals surface area contributed by atoms with Crippen molar-refractivity contribution in [2.75, 3.05) is 38.5 Å². The van der Waals surface area contributed by atoms with Crippen molar-refractivity contribution in [1.29, 1.82) is 0 Å². The maximum Gasteiger partial charge on any atom is 0.256 e. The van der Waals surface area contributed by atoms with Crippen molar-refractivity contribution >= 4 is 23.2 Å². The summed E-state index contributed by atoms with van der Waals surface area (Å²) in [7, 11) is 1.82. The van der Waals surface area contributed by atoms with Gasteiger partial charge in [0.1, 0.15) is 0 Å². The smallest absolute Gasteiger partial charge is 0.256 e. The molecule has 0 aromatic heterocycles. The number of amides is 1. The lowest BCUT2D eigenvalue weighted by Gasteiger charge is -2.37. The number of nitrogens with zero attached hydrogens (tertiary/aromatic N) is 2. The molecule has 0 atom stereocenters. The van der Waals surface area contributed by atoms with Gasteiger partial charge in [0.25, 0.3) is 5.91 Å². The van der Waals surface area contributed by atoms with E-state index in [1.165, 1.54) is 0 Å². The normalized spacial score (nSPS) is 16.6. The Kier molecular flexibility index (Phi) is 4.89. The molecule has 1 aromatic carbocycles. The second-order valence-electron chi connectivity index (χ2n) is 5.36. The fourth-order valence-corrected chi connectivity index (χ4v) is 2.70. The standard InChI is InChI=1S/C15H22ClN3O/c1-11(2)18-6-8-19(9-7-18)15(20)13-10-12(16)4-5-14(13)17-3/h4-5,10-11,17H,6-9H2,1-3H3. The molecule has 0 spiro atoms. The van der Waals surface area contributed by atoms with Gasteiger partial charge in [-0.15, -0.1) is 0 Å². The van der Waals surface area contributed by atoms with Crippen LogP contribution in [0, 0.1) is 0 Å². The summed E-state index contributed by atoms with van der Waals surface area (Å²) in [5.74, 6) is 0.0558. The molecule has 4 nitrogen and oxygen atoms in total. The molecule has 1 saturated heterocycles. The third-order valence-electron chi connectivity index (χ3n) is 3.81. The highest BCUT2D eigenvalue weighted by molar-refractivity contribution is 6.31. The predicted octanol–water partition coefficient (Wildman–Crippen LogP) is 2.55. The van der Waals surface area contributed by atoms with Gasteiger partial charge in [-0.1, -0.05) is 11.6 Å². The Hall–Kier alpha value is -1.26. The van der Waals surface area contributed by atoms with Crippen molar-refractivity contribution in [3.63, 3.8) is 0 Å². The van der Waals surface area contributed by atoms with Crippen molar-refractivity contribution < 1.29 is 4.79 Å². The zero-order chi connectivity index (χ0) is 14.7. The lowest BCUT2D eigenvalue weighted by atomic mass is 10.1. The number of carbonyl (C=O) groups is 1. The zero-order valence-corrected chi connectivity index (χ0v) is 13.1. The molecule has 1 fully saturated rings. The lowest BCUT2D eigenvalue weighted by Crippen LogP contribution is -2.50. The molecule has 0 bridgehead atoms. The maximum absolute atomic E-state index is 12.6. The van der Waals surface area contributed by atoms with Crippen molar-refractivity contribution in [2.45, 2.75) is 19.9 Å². The molecular weight excluding hydrogens is 274 g/mol. The van der Waals surface area contributed by atoms with Crippen molar-refractivity contribution in [2.24, 2.45) is 0 Å². The number of benzene rings is 1. The Labute approximate surface area is 125 Å². The molecule has 1 aliphatic heterocycles. The van der Waals surface area contributed by atoms with Crippen molar-refractivity contribution in [3.8, 4) is 0 Å². The molecule has 2 rings (SSSR count). The molecular formula is C15H22ClN3O. The first-order chi connectivity index (χ1) is 9.52. The first-order valence-corrected chi connectivity index (χ1v) is 7.41. The second kappa shape index (κ2) is 6.46. The van der Waals surface area contributed by atoms with E-state index in [0.29, 0.717) is 16.6 Å². The van der Waals surface area contributed by atoms with Crippen LogP contribution in [0.25, 0.3) is 0 Å². The van der Waals surface area contributed by atoms with Crippen LogP contribution in [-0.2, 0) is 0 Å². The van der Waals surface area contributed by atoms with E-state index >= 15 is 0 Å². The molecule has 0 saturated carbocycles. The number of hydrogen-bond donors (Lipinski definition) is 1. The molecule has 1 N–H and O–H groups in total. The van der Waals surface area contributed by atoms with Crippen LogP contribution in [0.5, 0.6) is 0 Å². The summed E-state index contributed by atoms with van der Waals surface area (Å²) in [5.41, 5.74) is 1.48. The van der Waals surface area contributed by atoms with Gasteiger partial charge in [-0.3, -0.25) is 9.69 Å². The highest BCUT2D eigenvalue weighted by Gasteiger charge is 2.24. The summed E-state index contributed by atoms with van der Waals surface area (Å²) in [5, 5.41) is 3.64. The Morgan fingerprint density at radius 2 is 1.90 bits per heavy atom. The quantitative estimate of drug-likeness (QED) is 0.931. The summed E-state index contributed by atoms with van der Waals surface area (Å²) in [4.78, 5) is 16.9. The first-order valence-electron chi connectivity index (χ1n) is 7.03. The molecule has 0 radical (unpaired) electrons. The number of rotatable bonds is 3. The minimum atomic E-state index is 0.0558. The molecule has 110 valence electrons. The highest BCUT2D eigenvalue weighted by Crippen LogP contribution is 2.22. The van der Waals surface area contributed by atoms with Crippen LogP contribution in [0.4, 0.5) is 5.69 Å². The monoisotopic (exact) mass is 295 g/mol. The third-order valence-corrected chi connectivity index (χ3v) is 4.05. The van der Waals surface area contributed by atoms with Crippen LogP contribution >= 0.6 is 11.6 Å². The first kappa shape index (κ1) is 15.1. The van der Waals surface area contributed by atoms with Gasteiger partial charge in [0.05, 0.1) is 5.56 Å². The molecule has 0 aliphatic carbocycles. The fraction of sp³-hybridized carbons (Fsp3) is 0.533. The van der Waals surface area contributed by atoms with Crippen LogP contribution in [0.15, 0.2) is 18.2 Å². The van der Waals surface area contributed by atoms with Crippen LogP contribution in [0.3, 0.4) is 0 Å². The Bertz CT molecular complexity index is 482. The van der Waals surface area contributed by atoms with Gasteiger partial charge >= 0.3 is 0 Å². The highest BCUT2D eigenvalue weighted by atomic mass is 35.5. The minimum absolute atomic E-state index is 0.0558. The van der Waals surface area contributed by atoms with Crippen LogP contribution in [0.1, 0.15) is 24.2 Å². The maximum atomic E-state index is 12.6. The Morgan fingerprint density at radius 3 is 2.45 bits per heavy atom. The number of nitrogens with one attached hydrogen (secondary N) is 1. The third kappa shape index (κ3) is 3.25. The average molecular weight is 296 g/mol. The van der Waals surface area contributed by atoms with E-state index in [0.717, 1.165) is 31.9 Å². The van der Waals surface area contributed by atoms with Crippen LogP contribution in [-0.4, -0.2) is 55.0 Å². The molecule has 1 amide bonds. The van der Waals surface area contributed by atoms with Crippen molar-refractivity contribution in [1.82, 2.24) is 9.80 Å². The molecule has 20 heavy (non-hydrogen) atoms. The number of anilines is 1. The summed E-state index contributed by atoms with van der Waals surface area (Å²) in [6.45, 7) is 7.78. The van der Waals surface area contributed by atoms with Gasteiger partial charge in [0.15, 0.2) is 0 Å². The summed E-state index contributed by atoms with van der Waals surface area (Å²) in [6, 6.07) is 5.91. The van der Waals surface area contributed by atoms with Gasteiger partial charge in [-0.25, -0.2) is 0 Å². The van der Waals surface area contributed by atoms with E-state index in [1.54, 1.807) is 12.1 Å². The second-order valence-corrected chi connectivity index (χ2v) is 5.80. The van der Waals surface area contributed by atoms with Crippen molar-refractivity contribution in [3.05, 3.63) is 28.8 Å². The predicted molar refractivity (Wildman–Crippen MR) is 83.6 cm³/mol. The van der Waals surface area contributed by atoms with E-state index in [2.05, 4.69) is 24.1 Å². The molecule has 1 aromatic rings. The molecule has 0 unspecified atom stereocenters. The van der Waals surface area contributed by atoms with Gasteiger partial charge in [0, 0.05) is 50.0 Å². The molecule has 1 aliphatic rings. The summed E-state index contributed by atoms with van der Waals surface area (Å²) >= 11 is 6.01. The largest absolute Gasteiger partial charge is 0.387 e. The van der Waals surface area contributed by atoms with E-state index in [1.807, 2.05) is 18.0 Å². The topological polar surface area (TPSA) is 35.6 Å². The van der Waals surface area contributed by atoms with Crippen LogP contribution in [0.2, 0.25) is 5.02 Å². The number of carbonyl (C=O) groups excluding carboxylic acids is 1. The lowest BCUT2D eigenvalue weighted by molar-refractivity contribution is 0.0596. The zero-order valence-electron chi connectivity index (χ0n) is 12.3. The van der Waals surface area contributed by atoms with Gasteiger partial charge in [0.2, 0.25) is 0 Å². The number of piperazine rings is 1. The molecule has 5 heteroatoms. The minimum Gasteiger partial charge on any atom is -0.387 e. The average Bonchev–Trinajstić information content (AvgIpc) is 2.46. The summed E-state index contributed by atoms with van der Waals surface area (Å²) < 4.78 is 0. The SMILES string of the molecule is CNc1ccc(Cl)cc1C(=O)N1CCN(C(C)C)CC1. The summed E-state index contributed by atoms with van der Waals surface area (Å²) in [6.07, 6.45) is 0.